The lowest BCUT2D eigenvalue weighted by Crippen LogP contribution is -2.25. The molecule has 0 bridgehead atoms. The number of ether oxygens (including phenoxy) is 1. The van der Waals surface area contributed by atoms with Crippen molar-refractivity contribution in [3.63, 3.8) is 0 Å². The maximum atomic E-state index is 13.8. The van der Waals surface area contributed by atoms with E-state index in [1.165, 1.54) is 34.8 Å². The molecule has 0 aliphatic heterocycles. The number of hydrogen-bond donors (Lipinski definition) is 0. The molecule has 6 nitrogen and oxygen atoms in total. The minimum atomic E-state index is -0.482. The van der Waals surface area contributed by atoms with E-state index >= 15 is 0 Å². The number of nitrogens with zero attached hydrogens (tertiary/aromatic N) is 2. The zero-order chi connectivity index (χ0) is 19.4. The Morgan fingerprint density at radius 2 is 2.04 bits per heavy atom. The minimum absolute atomic E-state index is 0.152. The third-order valence-corrected chi connectivity index (χ3v) is 4.08. The zero-order valence-electron chi connectivity index (χ0n) is 15.0. The van der Waals surface area contributed by atoms with E-state index in [-0.39, 0.29) is 36.1 Å². The predicted molar refractivity (Wildman–Crippen MR) is 97.3 cm³/mol. The van der Waals surface area contributed by atoms with Gasteiger partial charge in [0.2, 0.25) is 0 Å². The number of carbonyl (C=O) groups excluding carboxylic acids is 1. The summed E-state index contributed by atoms with van der Waals surface area (Å²) in [7, 11) is 3.00. The molecule has 3 rings (SSSR count). The summed E-state index contributed by atoms with van der Waals surface area (Å²) in [5.74, 6) is -0.0112. The average Bonchev–Trinajstić information content (AvgIpc) is 3.11. The number of rotatable bonds is 6. The SMILES string of the molecule is COc1ccc(CN(C)C(=O)c2ccc(Cn3ccccc3=O)o2)cc1F. The number of hydrogen-bond acceptors (Lipinski definition) is 4. The number of halogens is 1. The van der Waals surface area contributed by atoms with E-state index in [4.69, 9.17) is 9.15 Å². The normalized spacial score (nSPS) is 10.6. The van der Waals surface area contributed by atoms with Crippen molar-refractivity contribution in [2.45, 2.75) is 13.1 Å². The van der Waals surface area contributed by atoms with Gasteiger partial charge in [-0.3, -0.25) is 9.59 Å². The lowest BCUT2D eigenvalue weighted by atomic mass is 10.2. The Bertz CT molecular complexity index is 1010. The van der Waals surface area contributed by atoms with E-state index in [1.54, 1.807) is 43.6 Å². The van der Waals surface area contributed by atoms with Gasteiger partial charge in [-0.25, -0.2) is 4.39 Å². The second-order valence-corrected chi connectivity index (χ2v) is 6.06. The summed E-state index contributed by atoms with van der Waals surface area (Å²) in [5, 5.41) is 0. The molecule has 0 aliphatic carbocycles. The first-order chi connectivity index (χ1) is 13.0. The van der Waals surface area contributed by atoms with Crippen LogP contribution in [0.5, 0.6) is 5.75 Å². The van der Waals surface area contributed by atoms with Crippen LogP contribution in [0.4, 0.5) is 4.39 Å². The molecule has 1 amide bonds. The molecule has 0 aliphatic rings. The van der Waals surface area contributed by atoms with Gasteiger partial charge in [-0.05, 0) is 35.9 Å². The largest absolute Gasteiger partial charge is 0.494 e. The molecule has 140 valence electrons. The van der Waals surface area contributed by atoms with E-state index < -0.39 is 5.82 Å². The fourth-order valence-corrected chi connectivity index (χ4v) is 2.68. The van der Waals surface area contributed by atoms with Crippen LogP contribution in [0.1, 0.15) is 21.9 Å². The predicted octanol–water partition coefficient (Wildman–Crippen LogP) is 2.91. The Labute approximate surface area is 155 Å². The van der Waals surface area contributed by atoms with E-state index in [0.717, 1.165) is 0 Å². The van der Waals surface area contributed by atoms with E-state index in [1.807, 2.05) is 0 Å². The van der Waals surface area contributed by atoms with Gasteiger partial charge < -0.3 is 18.6 Å². The van der Waals surface area contributed by atoms with Crippen molar-refractivity contribution < 1.29 is 18.3 Å². The monoisotopic (exact) mass is 370 g/mol. The first kappa shape index (κ1) is 18.4. The van der Waals surface area contributed by atoms with Crippen LogP contribution in [0.15, 0.2) is 63.9 Å². The number of amides is 1. The maximum absolute atomic E-state index is 13.8. The fourth-order valence-electron chi connectivity index (χ4n) is 2.68. The van der Waals surface area contributed by atoms with Crippen molar-refractivity contribution in [2.24, 2.45) is 0 Å². The molecule has 1 aromatic carbocycles. The topological polar surface area (TPSA) is 64.7 Å². The second kappa shape index (κ2) is 7.90. The molecule has 7 heteroatoms. The van der Waals surface area contributed by atoms with Gasteiger partial charge in [-0.2, -0.15) is 0 Å². The molecule has 3 aromatic rings. The first-order valence-electron chi connectivity index (χ1n) is 8.30. The Kier molecular flexibility index (Phi) is 5.40. The van der Waals surface area contributed by atoms with Crippen LogP contribution in [0.2, 0.25) is 0 Å². The van der Waals surface area contributed by atoms with Crippen molar-refractivity contribution in [1.82, 2.24) is 9.47 Å². The molecule has 0 spiro atoms. The van der Waals surface area contributed by atoms with Gasteiger partial charge in [0.05, 0.1) is 13.7 Å². The van der Waals surface area contributed by atoms with Crippen LogP contribution in [-0.2, 0) is 13.1 Å². The Balaban J connectivity index is 1.69. The van der Waals surface area contributed by atoms with Gasteiger partial charge in [-0.1, -0.05) is 12.1 Å². The molecule has 0 radical (unpaired) electrons. The van der Waals surface area contributed by atoms with Crippen molar-refractivity contribution in [2.75, 3.05) is 14.2 Å². The molecule has 2 aromatic heterocycles. The molecule has 0 atom stereocenters. The van der Waals surface area contributed by atoms with E-state index in [9.17, 15) is 14.0 Å². The summed E-state index contributed by atoms with van der Waals surface area (Å²) in [6, 6.07) is 12.6. The van der Waals surface area contributed by atoms with Crippen molar-refractivity contribution >= 4 is 5.91 Å². The summed E-state index contributed by atoms with van der Waals surface area (Å²) < 4.78 is 25.7. The average molecular weight is 370 g/mol. The second-order valence-electron chi connectivity index (χ2n) is 6.06. The Hall–Kier alpha value is -3.35. The van der Waals surface area contributed by atoms with Gasteiger partial charge >= 0.3 is 0 Å². The third kappa shape index (κ3) is 4.25. The number of carbonyl (C=O) groups is 1. The molecule has 0 saturated heterocycles. The van der Waals surface area contributed by atoms with Crippen LogP contribution < -0.4 is 10.3 Å². The van der Waals surface area contributed by atoms with Crippen molar-refractivity contribution in [3.05, 3.63) is 88.0 Å². The fraction of sp³-hybridized carbons (Fsp3) is 0.200. The molecule has 0 fully saturated rings. The number of aromatic nitrogens is 1. The van der Waals surface area contributed by atoms with Crippen molar-refractivity contribution in [1.29, 1.82) is 0 Å². The summed E-state index contributed by atoms with van der Waals surface area (Å²) in [6.07, 6.45) is 1.65. The summed E-state index contributed by atoms with van der Waals surface area (Å²) >= 11 is 0. The zero-order valence-corrected chi connectivity index (χ0v) is 15.0. The smallest absolute Gasteiger partial charge is 0.289 e. The van der Waals surface area contributed by atoms with Crippen LogP contribution in [0.3, 0.4) is 0 Å². The van der Waals surface area contributed by atoms with Gasteiger partial charge in [0.25, 0.3) is 11.5 Å². The lowest BCUT2D eigenvalue weighted by Gasteiger charge is -2.16. The molecule has 0 N–H and O–H groups in total. The number of benzene rings is 1. The van der Waals surface area contributed by atoms with Crippen LogP contribution in [-0.4, -0.2) is 29.5 Å². The highest BCUT2D eigenvalue weighted by Gasteiger charge is 2.17. The van der Waals surface area contributed by atoms with Gasteiger partial charge in [-0.15, -0.1) is 0 Å². The van der Waals surface area contributed by atoms with Crippen molar-refractivity contribution in [3.8, 4) is 5.75 Å². The standard InChI is InChI=1S/C20H19FN2O4/c1-22(12-14-6-8-17(26-2)16(21)11-14)20(25)18-9-7-15(27-18)13-23-10-4-3-5-19(23)24/h3-11H,12-13H2,1-2H3. The highest BCUT2D eigenvalue weighted by molar-refractivity contribution is 5.91. The minimum Gasteiger partial charge on any atom is -0.494 e. The Morgan fingerprint density at radius 3 is 2.74 bits per heavy atom. The summed E-state index contributed by atoms with van der Waals surface area (Å²) in [4.78, 5) is 25.7. The highest BCUT2D eigenvalue weighted by Crippen LogP contribution is 2.19. The van der Waals surface area contributed by atoms with Gasteiger partial charge in [0, 0.05) is 25.9 Å². The summed E-state index contributed by atoms with van der Waals surface area (Å²) in [5.41, 5.74) is 0.479. The lowest BCUT2D eigenvalue weighted by molar-refractivity contribution is 0.0751. The molecule has 0 unspecified atom stereocenters. The summed E-state index contributed by atoms with van der Waals surface area (Å²) in [6.45, 7) is 0.453. The van der Waals surface area contributed by atoms with Crippen LogP contribution in [0.25, 0.3) is 0 Å². The first-order valence-corrected chi connectivity index (χ1v) is 8.30. The van der Waals surface area contributed by atoms with E-state index in [2.05, 4.69) is 0 Å². The number of furan rings is 1. The number of methoxy groups -OCH3 is 1. The van der Waals surface area contributed by atoms with Crippen LogP contribution >= 0.6 is 0 Å². The third-order valence-electron chi connectivity index (χ3n) is 4.08. The van der Waals surface area contributed by atoms with Crippen LogP contribution in [0, 0.1) is 5.82 Å². The molecular formula is C20H19FN2O4. The maximum Gasteiger partial charge on any atom is 0.289 e. The number of pyridine rings is 1. The Morgan fingerprint density at radius 1 is 1.22 bits per heavy atom. The molecule has 0 saturated carbocycles. The van der Waals surface area contributed by atoms with Gasteiger partial charge in [0.1, 0.15) is 5.76 Å². The van der Waals surface area contributed by atoms with Gasteiger partial charge in [0.15, 0.2) is 17.3 Å². The molecule has 27 heavy (non-hydrogen) atoms. The van der Waals surface area contributed by atoms with E-state index in [0.29, 0.717) is 11.3 Å². The quantitative estimate of drug-likeness (QED) is 0.669. The highest BCUT2D eigenvalue weighted by atomic mass is 19.1. The molecular weight excluding hydrogens is 351 g/mol. The molecule has 2 heterocycles.